The van der Waals surface area contributed by atoms with E-state index in [0.29, 0.717) is 10.0 Å². The van der Waals surface area contributed by atoms with Crippen LogP contribution < -0.4 is 5.43 Å². The van der Waals surface area contributed by atoms with Crippen LogP contribution in [0.3, 0.4) is 0 Å². The van der Waals surface area contributed by atoms with Crippen LogP contribution in [0.5, 0.6) is 5.75 Å². The smallest absolute Gasteiger partial charge is 0.337 e. The number of ether oxygens (including phenoxy) is 1. The van der Waals surface area contributed by atoms with E-state index in [-0.39, 0.29) is 17.3 Å². The number of nitrogens with zero attached hydrogens (tertiary/aromatic N) is 2. The van der Waals surface area contributed by atoms with E-state index in [1.165, 1.54) is 19.2 Å². The number of esters is 1. The first-order valence-electron chi connectivity index (χ1n) is 9.01. The summed E-state index contributed by atoms with van der Waals surface area (Å²) in [6.07, 6.45) is 1.55. The quantitative estimate of drug-likeness (QED) is 0.334. The van der Waals surface area contributed by atoms with Crippen molar-refractivity contribution in [3.05, 3.63) is 81.1 Å². The number of hydrogen-bond donors (Lipinski definition) is 2. The summed E-state index contributed by atoms with van der Waals surface area (Å²) in [6, 6.07) is 13.6. The Bertz CT molecular complexity index is 1130. The van der Waals surface area contributed by atoms with Gasteiger partial charge in [-0.05, 0) is 62.4 Å². The average molecular weight is 470 g/mol. The number of amides is 1. The molecule has 0 aliphatic heterocycles. The lowest BCUT2D eigenvalue weighted by atomic mass is 10.2. The second kappa shape index (κ2) is 8.96. The van der Waals surface area contributed by atoms with E-state index in [2.05, 4.69) is 26.5 Å². The number of carbonyl (C=O) groups excluding carboxylic acids is 2. The number of hydrazone groups is 1. The lowest BCUT2D eigenvalue weighted by molar-refractivity contribution is 0.0600. The van der Waals surface area contributed by atoms with Gasteiger partial charge in [0.1, 0.15) is 5.75 Å². The molecule has 0 saturated carbocycles. The number of aromatic nitrogens is 1. The molecular weight excluding hydrogens is 450 g/mol. The van der Waals surface area contributed by atoms with E-state index >= 15 is 0 Å². The maximum Gasteiger partial charge on any atom is 0.337 e. The molecule has 7 nitrogen and oxygen atoms in total. The molecule has 0 fully saturated rings. The number of nitrogens with one attached hydrogen (secondary N) is 1. The molecule has 1 aromatic heterocycles. The van der Waals surface area contributed by atoms with E-state index in [1.807, 2.05) is 36.6 Å². The molecule has 154 valence electrons. The minimum absolute atomic E-state index is 0.123. The highest BCUT2D eigenvalue weighted by atomic mass is 79.9. The van der Waals surface area contributed by atoms with E-state index in [1.54, 1.807) is 24.4 Å². The van der Waals surface area contributed by atoms with Gasteiger partial charge in [-0.1, -0.05) is 15.9 Å². The molecule has 0 bridgehead atoms. The van der Waals surface area contributed by atoms with Crippen molar-refractivity contribution in [2.45, 2.75) is 13.8 Å². The van der Waals surface area contributed by atoms with Crippen molar-refractivity contribution in [2.75, 3.05) is 7.11 Å². The van der Waals surface area contributed by atoms with Gasteiger partial charge in [-0.2, -0.15) is 5.10 Å². The topological polar surface area (TPSA) is 92.9 Å². The molecule has 0 aliphatic rings. The minimum Gasteiger partial charge on any atom is -0.507 e. The van der Waals surface area contributed by atoms with E-state index in [4.69, 9.17) is 4.74 Å². The molecule has 0 saturated heterocycles. The molecule has 0 radical (unpaired) electrons. The summed E-state index contributed by atoms with van der Waals surface area (Å²) in [6.45, 7) is 3.89. The number of phenolic OH excluding ortho intramolecular Hbond substituents is 1. The predicted molar refractivity (Wildman–Crippen MR) is 117 cm³/mol. The molecule has 0 spiro atoms. The maximum absolute atomic E-state index is 12.2. The van der Waals surface area contributed by atoms with Gasteiger partial charge in [0.05, 0.1) is 24.5 Å². The molecule has 1 amide bonds. The summed E-state index contributed by atoms with van der Waals surface area (Å²) in [5.41, 5.74) is 6.62. The van der Waals surface area contributed by atoms with E-state index < -0.39 is 5.91 Å². The number of aromatic hydroxyl groups is 1. The summed E-state index contributed by atoms with van der Waals surface area (Å²) >= 11 is 3.27. The van der Waals surface area contributed by atoms with Crippen molar-refractivity contribution in [3.63, 3.8) is 0 Å². The molecule has 2 aromatic carbocycles. The summed E-state index contributed by atoms with van der Waals surface area (Å²) in [7, 11) is 1.35. The standard InChI is InChI=1S/C22H20BrN3O4/c1-13-10-16(12-24-25-21(28)19-11-17(23)6-9-20(19)27)14(2)26(13)18-7-4-15(5-8-18)22(29)30-3/h4-12,27H,1-3H3,(H,25,28)/b24-12-. The van der Waals surface area contributed by atoms with Crippen LogP contribution in [-0.2, 0) is 4.74 Å². The van der Waals surface area contributed by atoms with Gasteiger partial charge in [-0.25, -0.2) is 10.2 Å². The highest BCUT2D eigenvalue weighted by Gasteiger charge is 2.13. The second-order valence-electron chi connectivity index (χ2n) is 6.56. The zero-order valence-corrected chi connectivity index (χ0v) is 18.2. The number of rotatable bonds is 5. The van der Waals surface area contributed by atoms with Crippen LogP contribution in [0.2, 0.25) is 0 Å². The van der Waals surface area contributed by atoms with E-state index in [9.17, 15) is 14.7 Å². The van der Waals surface area contributed by atoms with Crippen LogP contribution in [0, 0.1) is 13.8 Å². The van der Waals surface area contributed by atoms with Crippen molar-refractivity contribution in [3.8, 4) is 11.4 Å². The highest BCUT2D eigenvalue weighted by Crippen LogP contribution is 2.22. The monoisotopic (exact) mass is 469 g/mol. The lowest BCUT2D eigenvalue weighted by Crippen LogP contribution is -2.17. The minimum atomic E-state index is -0.516. The van der Waals surface area contributed by atoms with Crippen molar-refractivity contribution >= 4 is 34.0 Å². The van der Waals surface area contributed by atoms with Gasteiger partial charge in [0.15, 0.2) is 0 Å². The Kier molecular flexibility index (Phi) is 6.37. The zero-order valence-electron chi connectivity index (χ0n) is 16.6. The van der Waals surface area contributed by atoms with Crippen LogP contribution in [0.25, 0.3) is 5.69 Å². The van der Waals surface area contributed by atoms with Crippen molar-refractivity contribution in [1.82, 2.24) is 9.99 Å². The second-order valence-corrected chi connectivity index (χ2v) is 7.48. The summed E-state index contributed by atoms with van der Waals surface area (Å²) < 4.78 is 7.42. The first-order valence-corrected chi connectivity index (χ1v) is 9.80. The number of aryl methyl sites for hydroxylation is 1. The van der Waals surface area contributed by atoms with Crippen LogP contribution in [-0.4, -0.2) is 34.9 Å². The van der Waals surface area contributed by atoms with Crippen LogP contribution >= 0.6 is 15.9 Å². The fourth-order valence-electron chi connectivity index (χ4n) is 3.09. The first-order chi connectivity index (χ1) is 14.3. The number of halogens is 1. The normalized spacial score (nSPS) is 10.9. The fraction of sp³-hybridized carbons (Fsp3) is 0.136. The number of phenols is 1. The molecule has 2 N–H and O–H groups in total. The average Bonchev–Trinajstić information content (AvgIpc) is 3.02. The summed E-state index contributed by atoms with van der Waals surface area (Å²) in [5, 5.41) is 13.9. The van der Waals surface area contributed by atoms with Crippen molar-refractivity contribution in [1.29, 1.82) is 0 Å². The van der Waals surface area contributed by atoms with Crippen molar-refractivity contribution in [2.24, 2.45) is 5.10 Å². The molecule has 8 heteroatoms. The molecule has 0 aliphatic carbocycles. The van der Waals surface area contributed by atoms with Gasteiger partial charge in [-0.3, -0.25) is 4.79 Å². The van der Waals surface area contributed by atoms with Gasteiger partial charge in [0, 0.05) is 27.1 Å². The predicted octanol–water partition coefficient (Wildman–Crippen LogP) is 4.11. The Hall–Kier alpha value is -3.39. The molecule has 3 aromatic rings. The Morgan fingerprint density at radius 3 is 2.50 bits per heavy atom. The Labute approximate surface area is 182 Å². The fourth-order valence-corrected chi connectivity index (χ4v) is 3.45. The van der Waals surface area contributed by atoms with Crippen LogP contribution in [0.15, 0.2) is 58.1 Å². The highest BCUT2D eigenvalue weighted by molar-refractivity contribution is 9.10. The first kappa shape index (κ1) is 21.3. The molecular formula is C22H20BrN3O4. The number of benzene rings is 2. The molecule has 1 heterocycles. The number of carbonyl (C=O) groups is 2. The van der Waals surface area contributed by atoms with Gasteiger partial charge < -0.3 is 14.4 Å². The van der Waals surface area contributed by atoms with E-state index in [0.717, 1.165) is 22.6 Å². The third-order valence-corrected chi connectivity index (χ3v) is 5.08. The maximum atomic E-state index is 12.2. The van der Waals surface area contributed by atoms with Gasteiger partial charge in [-0.15, -0.1) is 0 Å². The van der Waals surface area contributed by atoms with Gasteiger partial charge >= 0.3 is 5.97 Å². The summed E-state index contributed by atoms with van der Waals surface area (Å²) in [4.78, 5) is 23.9. The number of hydrogen-bond acceptors (Lipinski definition) is 5. The molecule has 0 unspecified atom stereocenters. The van der Waals surface area contributed by atoms with Crippen molar-refractivity contribution < 1.29 is 19.4 Å². The van der Waals surface area contributed by atoms with Gasteiger partial charge in [0.2, 0.25) is 0 Å². The molecule has 0 atom stereocenters. The van der Waals surface area contributed by atoms with Gasteiger partial charge in [0.25, 0.3) is 5.91 Å². The Morgan fingerprint density at radius 2 is 1.83 bits per heavy atom. The summed E-state index contributed by atoms with van der Waals surface area (Å²) in [5.74, 6) is -1.03. The zero-order chi connectivity index (χ0) is 21.8. The largest absolute Gasteiger partial charge is 0.507 e. The molecule has 3 rings (SSSR count). The Morgan fingerprint density at radius 1 is 1.13 bits per heavy atom. The molecule has 30 heavy (non-hydrogen) atoms. The third kappa shape index (κ3) is 4.44. The van der Waals surface area contributed by atoms with Crippen LogP contribution in [0.1, 0.15) is 37.7 Å². The lowest BCUT2D eigenvalue weighted by Gasteiger charge is -2.10. The van der Waals surface area contributed by atoms with Crippen LogP contribution in [0.4, 0.5) is 0 Å². The number of methoxy groups -OCH3 is 1. The SMILES string of the molecule is COC(=O)c1ccc(-n2c(C)cc(/C=N\NC(=O)c3cc(Br)ccc3O)c2C)cc1. The Balaban J connectivity index is 1.79. The third-order valence-electron chi connectivity index (χ3n) is 4.59.